The van der Waals surface area contributed by atoms with E-state index in [-0.39, 0.29) is 11.7 Å². The normalized spacial score (nSPS) is 10.4. The van der Waals surface area contributed by atoms with Crippen molar-refractivity contribution in [2.45, 2.75) is 20.3 Å². The highest BCUT2D eigenvalue weighted by Gasteiger charge is 2.14. The Balaban J connectivity index is 1.87. The van der Waals surface area contributed by atoms with Crippen LogP contribution in [0.4, 0.5) is 5.69 Å². The van der Waals surface area contributed by atoms with Gasteiger partial charge in [-0.15, -0.1) is 0 Å². The number of hydrogen-bond acceptors (Lipinski definition) is 4. The fourth-order valence-corrected chi connectivity index (χ4v) is 1.83. The Morgan fingerprint density at radius 2 is 2.00 bits per heavy atom. The number of hydrogen-bond donors (Lipinski definition) is 2. The van der Waals surface area contributed by atoms with E-state index in [2.05, 4.69) is 10.3 Å². The Kier molecular flexibility index (Phi) is 3.85. The van der Waals surface area contributed by atoms with Crippen molar-refractivity contribution >= 4 is 11.6 Å². The number of nitrogens with zero attached hydrogens (tertiary/aromatic N) is 1. The van der Waals surface area contributed by atoms with Gasteiger partial charge in [0.15, 0.2) is 5.89 Å². The van der Waals surface area contributed by atoms with Crippen molar-refractivity contribution in [3.05, 3.63) is 47.2 Å². The van der Waals surface area contributed by atoms with Crippen LogP contribution in [0.2, 0.25) is 0 Å². The van der Waals surface area contributed by atoms with Gasteiger partial charge in [0.1, 0.15) is 0 Å². The lowest BCUT2D eigenvalue weighted by Gasteiger charge is -2.04. The number of aryl methyl sites for hydroxylation is 2. The molecule has 0 spiro atoms. The molecule has 2 aromatic rings. The van der Waals surface area contributed by atoms with E-state index in [0.29, 0.717) is 18.1 Å². The van der Waals surface area contributed by atoms with Gasteiger partial charge in [-0.3, -0.25) is 4.79 Å². The predicted molar refractivity (Wildman–Crippen MR) is 72.9 cm³/mol. The molecule has 1 heterocycles. The first-order valence-electron chi connectivity index (χ1n) is 6.13. The Hall–Kier alpha value is -2.30. The van der Waals surface area contributed by atoms with Crippen molar-refractivity contribution in [3.8, 4) is 0 Å². The van der Waals surface area contributed by atoms with Gasteiger partial charge >= 0.3 is 0 Å². The van der Waals surface area contributed by atoms with Gasteiger partial charge in [-0.1, -0.05) is 12.1 Å². The highest BCUT2D eigenvalue weighted by Crippen LogP contribution is 2.09. The van der Waals surface area contributed by atoms with Gasteiger partial charge in [0, 0.05) is 19.2 Å². The van der Waals surface area contributed by atoms with Crippen molar-refractivity contribution in [1.29, 1.82) is 0 Å². The smallest absolute Gasteiger partial charge is 0.289 e. The summed E-state index contributed by atoms with van der Waals surface area (Å²) in [6.45, 7) is 4.02. The second-order valence-corrected chi connectivity index (χ2v) is 4.39. The molecule has 0 aliphatic heterocycles. The van der Waals surface area contributed by atoms with Gasteiger partial charge in [0.05, 0.1) is 5.69 Å². The number of carbonyl (C=O) groups excluding carboxylic acids is 1. The van der Waals surface area contributed by atoms with Crippen LogP contribution in [0.1, 0.15) is 27.7 Å². The van der Waals surface area contributed by atoms with Crippen molar-refractivity contribution in [2.75, 3.05) is 12.3 Å². The maximum atomic E-state index is 11.9. The number of carbonyl (C=O) groups is 1. The molecule has 5 heteroatoms. The molecule has 0 fully saturated rings. The molecule has 0 radical (unpaired) electrons. The van der Waals surface area contributed by atoms with E-state index in [0.717, 1.165) is 17.7 Å². The minimum absolute atomic E-state index is 0.228. The van der Waals surface area contributed by atoms with Crippen LogP contribution in [0, 0.1) is 13.8 Å². The Morgan fingerprint density at radius 3 is 2.58 bits per heavy atom. The first-order chi connectivity index (χ1) is 9.06. The van der Waals surface area contributed by atoms with Crippen LogP contribution in [-0.2, 0) is 6.42 Å². The molecular formula is C14H17N3O2. The van der Waals surface area contributed by atoms with E-state index >= 15 is 0 Å². The van der Waals surface area contributed by atoms with Crippen LogP contribution in [0.3, 0.4) is 0 Å². The van der Waals surface area contributed by atoms with Crippen molar-refractivity contribution in [1.82, 2.24) is 10.3 Å². The number of nitrogens with one attached hydrogen (secondary N) is 1. The van der Waals surface area contributed by atoms with Crippen LogP contribution in [0.25, 0.3) is 0 Å². The quantitative estimate of drug-likeness (QED) is 0.821. The third-order valence-electron chi connectivity index (χ3n) is 2.79. The van der Waals surface area contributed by atoms with E-state index in [1.165, 1.54) is 0 Å². The monoisotopic (exact) mass is 259 g/mol. The fourth-order valence-electron chi connectivity index (χ4n) is 1.83. The van der Waals surface area contributed by atoms with E-state index in [9.17, 15) is 4.79 Å². The lowest BCUT2D eigenvalue weighted by atomic mass is 10.1. The Morgan fingerprint density at radius 1 is 1.32 bits per heavy atom. The zero-order chi connectivity index (χ0) is 13.8. The Bertz CT molecular complexity index is 573. The summed E-state index contributed by atoms with van der Waals surface area (Å²) in [6.07, 6.45) is 0.748. The largest absolute Gasteiger partial charge is 0.436 e. The van der Waals surface area contributed by atoms with Crippen LogP contribution < -0.4 is 11.1 Å². The fraction of sp³-hybridized carbons (Fsp3) is 0.286. The van der Waals surface area contributed by atoms with Crippen LogP contribution >= 0.6 is 0 Å². The van der Waals surface area contributed by atoms with Crippen LogP contribution in [0.5, 0.6) is 0 Å². The first kappa shape index (κ1) is 13.1. The molecule has 0 aliphatic carbocycles. The van der Waals surface area contributed by atoms with Gasteiger partial charge in [-0.05, 0) is 31.0 Å². The lowest BCUT2D eigenvalue weighted by molar-refractivity contribution is 0.0924. The summed E-state index contributed by atoms with van der Waals surface area (Å²) in [7, 11) is 0. The summed E-state index contributed by atoms with van der Waals surface area (Å²) in [4.78, 5) is 15.9. The van der Waals surface area contributed by atoms with Gasteiger partial charge in [0.2, 0.25) is 5.76 Å². The second-order valence-electron chi connectivity index (χ2n) is 4.39. The van der Waals surface area contributed by atoms with Crippen molar-refractivity contribution in [3.63, 3.8) is 0 Å². The molecule has 100 valence electrons. The number of anilines is 1. The number of nitrogens with two attached hydrogens (primary N) is 1. The van der Waals surface area contributed by atoms with E-state index in [1.54, 1.807) is 13.8 Å². The maximum Gasteiger partial charge on any atom is 0.289 e. The zero-order valence-corrected chi connectivity index (χ0v) is 11.1. The average Bonchev–Trinajstić information content (AvgIpc) is 2.71. The number of benzene rings is 1. The van der Waals surface area contributed by atoms with Crippen molar-refractivity contribution in [2.24, 2.45) is 0 Å². The topological polar surface area (TPSA) is 81.2 Å². The minimum Gasteiger partial charge on any atom is -0.436 e. The number of nitrogen functional groups attached to an aromatic ring is 1. The number of rotatable bonds is 4. The molecule has 2 rings (SSSR count). The van der Waals surface area contributed by atoms with E-state index in [4.69, 9.17) is 10.2 Å². The summed E-state index contributed by atoms with van der Waals surface area (Å²) >= 11 is 0. The van der Waals surface area contributed by atoms with Gasteiger partial charge in [-0.2, -0.15) is 0 Å². The molecule has 1 aromatic heterocycles. The first-order valence-corrected chi connectivity index (χ1v) is 6.13. The number of amides is 1. The summed E-state index contributed by atoms with van der Waals surface area (Å²) in [6, 6.07) is 7.60. The summed E-state index contributed by atoms with van der Waals surface area (Å²) < 4.78 is 5.25. The second kappa shape index (κ2) is 5.56. The van der Waals surface area contributed by atoms with Gasteiger partial charge < -0.3 is 15.5 Å². The zero-order valence-electron chi connectivity index (χ0n) is 11.1. The van der Waals surface area contributed by atoms with Gasteiger partial charge in [0.25, 0.3) is 5.91 Å². The Labute approximate surface area is 111 Å². The third-order valence-corrected chi connectivity index (χ3v) is 2.79. The van der Waals surface area contributed by atoms with Crippen LogP contribution in [0.15, 0.2) is 28.7 Å². The summed E-state index contributed by atoms with van der Waals surface area (Å²) in [5.74, 6) is 0.560. The minimum atomic E-state index is -0.228. The third kappa shape index (κ3) is 3.34. The number of oxazole rings is 1. The highest BCUT2D eigenvalue weighted by atomic mass is 16.4. The molecule has 0 saturated carbocycles. The SMILES string of the molecule is Cc1nc(C)c(C(=O)NCCc2ccc(N)cc2)o1. The standard InChI is InChI=1S/C14H17N3O2/c1-9-13(19-10(2)17-9)14(18)16-8-7-11-3-5-12(15)6-4-11/h3-6H,7-8,15H2,1-2H3,(H,16,18). The average molecular weight is 259 g/mol. The van der Waals surface area contributed by atoms with Gasteiger partial charge in [-0.25, -0.2) is 4.98 Å². The molecule has 0 bridgehead atoms. The molecule has 0 aliphatic rings. The highest BCUT2D eigenvalue weighted by molar-refractivity contribution is 5.92. The van der Waals surface area contributed by atoms with E-state index < -0.39 is 0 Å². The molecule has 0 saturated heterocycles. The van der Waals surface area contributed by atoms with Crippen LogP contribution in [-0.4, -0.2) is 17.4 Å². The molecule has 1 amide bonds. The van der Waals surface area contributed by atoms with Crippen molar-refractivity contribution < 1.29 is 9.21 Å². The summed E-state index contributed by atoms with van der Waals surface area (Å²) in [5.41, 5.74) is 8.08. The lowest BCUT2D eigenvalue weighted by Crippen LogP contribution is -2.25. The molecule has 1 aromatic carbocycles. The summed E-state index contributed by atoms with van der Waals surface area (Å²) in [5, 5.41) is 2.81. The van der Waals surface area contributed by atoms with E-state index in [1.807, 2.05) is 24.3 Å². The molecule has 19 heavy (non-hydrogen) atoms. The molecular weight excluding hydrogens is 242 g/mol. The molecule has 0 unspecified atom stereocenters. The molecule has 0 atom stereocenters. The molecule has 3 N–H and O–H groups in total. The number of aromatic nitrogens is 1. The molecule has 5 nitrogen and oxygen atoms in total. The predicted octanol–water partition coefficient (Wildman–Crippen LogP) is 1.85. The maximum absolute atomic E-state index is 11.9.